The van der Waals surface area contributed by atoms with Gasteiger partial charge in [-0.25, -0.2) is 4.79 Å². The van der Waals surface area contributed by atoms with E-state index in [-0.39, 0.29) is 5.78 Å². The number of methoxy groups -OCH3 is 1. The van der Waals surface area contributed by atoms with Gasteiger partial charge in [-0.1, -0.05) is 0 Å². The van der Waals surface area contributed by atoms with Crippen LogP contribution in [-0.2, 0) is 9.53 Å². The summed E-state index contributed by atoms with van der Waals surface area (Å²) in [5.74, 6) is 0.0374. The average Bonchev–Trinajstić information content (AvgIpc) is 2.81. The molecule has 0 heterocycles. The van der Waals surface area contributed by atoms with E-state index < -0.39 is 11.6 Å². The first-order chi connectivity index (χ1) is 5.54. The Hall–Kier alpha value is -1.06. The minimum Gasteiger partial charge on any atom is -0.453 e. The van der Waals surface area contributed by atoms with Crippen molar-refractivity contribution in [3.05, 3.63) is 0 Å². The van der Waals surface area contributed by atoms with E-state index in [1.54, 1.807) is 7.05 Å². The van der Waals surface area contributed by atoms with E-state index >= 15 is 0 Å². The van der Waals surface area contributed by atoms with Crippen LogP contribution in [0.2, 0.25) is 0 Å². The van der Waals surface area contributed by atoms with Crippen LogP contribution in [-0.4, -0.2) is 36.5 Å². The molecule has 0 atom stereocenters. The van der Waals surface area contributed by atoms with Crippen LogP contribution in [0.3, 0.4) is 0 Å². The van der Waals surface area contributed by atoms with Gasteiger partial charge in [0.1, 0.15) is 5.54 Å². The number of ketones is 1. The first-order valence-electron chi connectivity index (χ1n) is 3.87. The molecule has 0 aromatic rings. The molecule has 0 spiro atoms. The Morgan fingerprint density at radius 1 is 1.42 bits per heavy atom. The zero-order valence-corrected chi connectivity index (χ0v) is 7.59. The van der Waals surface area contributed by atoms with Crippen molar-refractivity contribution in [3.63, 3.8) is 0 Å². The van der Waals surface area contributed by atoms with E-state index in [2.05, 4.69) is 4.74 Å². The fourth-order valence-corrected chi connectivity index (χ4v) is 1.35. The lowest BCUT2D eigenvalue weighted by molar-refractivity contribution is -0.122. The molecule has 12 heavy (non-hydrogen) atoms. The first kappa shape index (κ1) is 9.03. The lowest BCUT2D eigenvalue weighted by Gasteiger charge is -2.23. The molecule has 1 rings (SSSR count). The van der Waals surface area contributed by atoms with Gasteiger partial charge in [-0.3, -0.25) is 9.69 Å². The maximum Gasteiger partial charge on any atom is 0.410 e. The summed E-state index contributed by atoms with van der Waals surface area (Å²) in [7, 11) is 2.91. The molecular weight excluding hydrogens is 158 g/mol. The number of ether oxygens (including phenoxy) is 1. The van der Waals surface area contributed by atoms with E-state index in [0.717, 1.165) is 12.8 Å². The SMILES string of the molecule is COC(=O)N(C)C1(C(C)=O)CC1. The molecule has 0 radical (unpaired) electrons. The van der Waals surface area contributed by atoms with Crippen molar-refractivity contribution in [1.29, 1.82) is 0 Å². The topological polar surface area (TPSA) is 46.6 Å². The van der Waals surface area contributed by atoms with Gasteiger partial charge in [0.15, 0.2) is 5.78 Å². The summed E-state index contributed by atoms with van der Waals surface area (Å²) in [5.41, 5.74) is -0.549. The van der Waals surface area contributed by atoms with Crippen LogP contribution in [0.15, 0.2) is 0 Å². The molecule has 0 N–H and O–H groups in total. The Balaban J connectivity index is 2.69. The summed E-state index contributed by atoms with van der Waals surface area (Å²) in [6, 6.07) is 0. The van der Waals surface area contributed by atoms with E-state index in [9.17, 15) is 9.59 Å². The minimum atomic E-state index is -0.549. The van der Waals surface area contributed by atoms with Crippen molar-refractivity contribution in [3.8, 4) is 0 Å². The Kier molecular flexibility index (Phi) is 2.08. The summed E-state index contributed by atoms with van der Waals surface area (Å²) in [6.07, 6.45) is 1.07. The number of hydrogen-bond acceptors (Lipinski definition) is 3. The summed E-state index contributed by atoms with van der Waals surface area (Å²) in [4.78, 5) is 23.6. The molecule has 0 unspecified atom stereocenters. The average molecular weight is 171 g/mol. The molecule has 0 bridgehead atoms. The van der Waals surface area contributed by atoms with E-state index in [1.165, 1.54) is 18.9 Å². The van der Waals surface area contributed by atoms with Gasteiger partial charge < -0.3 is 4.74 Å². The molecule has 1 saturated carbocycles. The third-order valence-corrected chi connectivity index (χ3v) is 2.47. The van der Waals surface area contributed by atoms with Gasteiger partial charge in [-0.15, -0.1) is 0 Å². The highest BCUT2D eigenvalue weighted by molar-refractivity contribution is 5.92. The molecule has 0 aromatic carbocycles. The quantitative estimate of drug-likeness (QED) is 0.617. The highest BCUT2D eigenvalue weighted by Crippen LogP contribution is 2.41. The molecule has 1 aliphatic carbocycles. The molecule has 1 fully saturated rings. The Labute approximate surface area is 71.5 Å². The third kappa shape index (κ3) is 1.17. The number of carbonyl (C=O) groups excluding carboxylic acids is 2. The van der Waals surface area contributed by atoms with Crippen LogP contribution in [0.5, 0.6) is 0 Å². The predicted octanol–water partition coefficient (Wildman–Crippen LogP) is 0.806. The number of rotatable bonds is 2. The molecule has 1 amide bonds. The normalized spacial score (nSPS) is 18.2. The second kappa shape index (κ2) is 2.77. The highest BCUT2D eigenvalue weighted by atomic mass is 16.5. The largest absolute Gasteiger partial charge is 0.453 e. The van der Waals surface area contributed by atoms with Gasteiger partial charge in [0, 0.05) is 7.05 Å². The number of Topliss-reactive ketones (excluding diaryl/α,β-unsaturated/α-hetero) is 1. The minimum absolute atomic E-state index is 0.0374. The van der Waals surface area contributed by atoms with E-state index in [4.69, 9.17) is 0 Å². The molecule has 0 aromatic heterocycles. The summed E-state index contributed by atoms with van der Waals surface area (Å²) in [6.45, 7) is 1.51. The maximum absolute atomic E-state index is 11.1. The molecule has 0 aliphatic heterocycles. The lowest BCUT2D eigenvalue weighted by atomic mass is 10.1. The molecule has 4 heteroatoms. The fourth-order valence-electron chi connectivity index (χ4n) is 1.35. The fraction of sp³-hybridized carbons (Fsp3) is 0.750. The number of carbonyl (C=O) groups is 2. The molecule has 0 saturated heterocycles. The van der Waals surface area contributed by atoms with Crippen LogP contribution < -0.4 is 0 Å². The van der Waals surface area contributed by atoms with Crippen LogP contribution >= 0.6 is 0 Å². The number of hydrogen-bond donors (Lipinski definition) is 0. The van der Waals surface area contributed by atoms with Crippen molar-refractivity contribution >= 4 is 11.9 Å². The zero-order chi connectivity index (χ0) is 9.35. The van der Waals surface area contributed by atoms with Crippen molar-refractivity contribution < 1.29 is 14.3 Å². The van der Waals surface area contributed by atoms with Gasteiger partial charge in [-0.2, -0.15) is 0 Å². The van der Waals surface area contributed by atoms with Crippen LogP contribution in [0.25, 0.3) is 0 Å². The van der Waals surface area contributed by atoms with Crippen LogP contribution in [0.4, 0.5) is 4.79 Å². The van der Waals surface area contributed by atoms with Gasteiger partial charge in [-0.05, 0) is 19.8 Å². The lowest BCUT2D eigenvalue weighted by Crippen LogP contribution is -2.43. The number of likely N-dealkylation sites (N-methyl/N-ethyl adjacent to an activating group) is 1. The highest BCUT2D eigenvalue weighted by Gasteiger charge is 2.53. The molecule has 68 valence electrons. The van der Waals surface area contributed by atoms with Crippen molar-refractivity contribution in [2.45, 2.75) is 25.3 Å². The molecule has 1 aliphatic rings. The maximum atomic E-state index is 11.1. The van der Waals surface area contributed by atoms with Crippen LogP contribution in [0, 0.1) is 0 Å². The van der Waals surface area contributed by atoms with Crippen LogP contribution in [0.1, 0.15) is 19.8 Å². The first-order valence-corrected chi connectivity index (χ1v) is 3.87. The third-order valence-electron chi connectivity index (χ3n) is 2.47. The zero-order valence-electron chi connectivity index (χ0n) is 7.59. The van der Waals surface area contributed by atoms with Gasteiger partial charge >= 0.3 is 6.09 Å². The van der Waals surface area contributed by atoms with Crippen molar-refractivity contribution in [2.75, 3.05) is 14.2 Å². The molecule has 4 nitrogen and oxygen atoms in total. The second-order valence-corrected chi connectivity index (χ2v) is 3.12. The van der Waals surface area contributed by atoms with E-state index in [0.29, 0.717) is 0 Å². The second-order valence-electron chi connectivity index (χ2n) is 3.12. The Morgan fingerprint density at radius 3 is 2.17 bits per heavy atom. The number of nitrogens with zero attached hydrogens (tertiary/aromatic N) is 1. The summed E-state index contributed by atoms with van der Waals surface area (Å²) in [5, 5.41) is 0. The van der Waals surface area contributed by atoms with Gasteiger partial charge in [0.2, 0.25) is 0 Å². The van der Waals surface area contributed by atoms with Gasteiger partial charge in [0.05, 0.1) is 7.11 Å². The Bertz CT molecular complexity index is 220. The van der Waals surface area contributed by atoms with Crippen molar-refractivity contribution in [1.82, 2.24) is 4.90 Å². The predicted molar refractivity (Wildman–Crippen MR) is 42.8 cm³/mol. The molecular formula is C8H13NO3. The Morgan fingerprint density at radius 2 is 1.92 bits per heavy atom. The standard InChI is InChI=1S/C8H13NO3/c1-6(10)8(4-5-8)9(2)7(11)12-3/h4-5H2,1-3H3. The smallest absolute Gasteiger partial charge is 0.410 e. The van der Waals surface area contributed by atoms with Crippen molar-refractivity contribution in [2.24, 2.45) is 0 Å². The van der Waals surface area contributed by atoms with E-state index in [1.807, 2.05) is 0 Å². The van der Waals surface area contributed by atoms with Gasteiger partial charge in [0.25, 0.3) is 0 Å². The summed E-state index contributed by atoms with van der Waals surface area (Å²) < 4.78 is 4.52. The number of amides is 1. The monoisotopic (exact) mass is 171 g/mol. The summed E-state index contributed by atoms with van der Waals surface area (Å²) >= 11 is 0.